The first-order valence-corrected chi connectivity index (χ1v) is 7.67. The molecule has 0 aliphatic rings. The molecule has 1 aromatic heterocycles. The summed E-state index contributed by atoms with van der Waals surface area (Å²) in [5.41, 5.74) is 7.95. The third-order valence-corrected chi connectivity index (χ3v) is 3.91. The van der Waals surface area contributed by atoms with Gasteiger partial charge in [-0.3, -0.25) is 10.2 Å². The van der Waals surface area contributed by atoms with Gasteiger partial charge in [-0.2, -0.15) is 0 Å². The van der Waals surface area contributed by atoms with E-state index >= 15 is 0 Å². The van der Waals surface area contributed by atoms with Gasteiger partial charge in [-0.1, -0.05) is 18.2 Å². The van der Waals surface area contributed by atoms with Gasteiger partial charge in [0.25, 0.3) is 0 Å². The summed E-state index contributed by atoms with van der Waals surface area (Å²) >= 11 is 1.48. The monoisotopic (exact) mass is 309 g/mol. The van der Waals surface area contributed by atoms with Crippen LogP contribution in [-0.4, -0.2) is 6.03 Å². The lowest BCUT2D eigenvalue weighted by Gasteiger charge is -2.23. The number of rotatable bonds is 3. The number of hydrogen-bond acceptors (Lipinski definition) is 3. The number of hydrogen-bond donors (Lipinski definition) is 2. The van der Waals surface area contributed by atoms with E-state index in [1.165, 1.54) is 11.3 Å². The number of carbonyl (C=O) groups is 1. The van der Waals surface area contributed by atoms with Crippen LogP contribution in [0.3, 0.4) is 0 Å². The molecule has 0 radical (unpaired) electrons. The molecule has 5 heteroatoms. The van der Waals surface area contributed by atoms with Crippen LogP contribution in [-0.2, 0) is 0 Å². The van der Waals surface area contributed by atoms with Crippen LogP contribution in [0.1, 0.15) is 0 Å². The normalized spacial score (nSPS) is 10.2. The first-order chi connectivity index (χ1) is 10.7. The Hall–Kier alpha value is -2.79. The summed E-state index contributed by atoms with van der Waals surface area (Å²) < 4.78 is 0. The van der Waals surface area contributed by atoms with Crippen molar-refractivity contribution in [3.63, 3.8) is 0 Å². The van der Waals surface area contributed by atoms with Crippen LogP contribution in [0, 0.1) is 0 Å². The standard InChI is InChI=1S/C17H15N3OS/c18-13-8-10-15(11-9-13)20(14-5-2-1-3-6-14)17(21)19-16-7-4-12-22-16/h1-12H,18H2,(H,19,21). The minimum absolute atomic E-state index is 0.210. The summed E-state index contributed by atoms with van der Waals surface area (Å²) in [6.45, 7) is 0. The molecule has 1 heterocycles. The molecule has 4 nitrogen and oxygen atoms in total. The minimum Gasteiger partial charge on any atom is -0.399 e. The van der Waals surface area contributed by atoms with Crippen molar-refractivity contribution in [1.29, 1.82) is 0 Å². The number of thiophene rings is 1. The van der Waals surface area contributed by atoms with E-state index in [2.05, 4.69) is 5.32 Å². The molecule has 0 unspecified atom stereocenters. The van der Waals surface area contributed by atoms with Gasteiger partial charge in [-0.25, -0.2) is 4.79 Å². The molecule has 0 spiro atoms. The summed E-state index contributed by atoms with van der Waals surface area (Å²) in [5.74, 6) is 0. The lowest BCUT2D eigenvalue weighted by atomic mass is 10.2. The van der Waals surface area contributed by atoms with Gasteiger partial charge >= 0.3 is 6.03 Å². The fraction of sp³-hybridized carbons (Fsp3) is 0. The van der Waals surface area contributed by atoms with Crippen LogP contribution >= 0.6 is 11.3 Å². The summed E-state index contributed by atoms with van der Waals surface area (Å²) in [6.07, 6.45) is 0. The van der Waals surface area contributed by atoms with E-state index in [1.54, 1.807) is 17.0 Å². The van der Waals surface area contributed by atoms with Crippen molar-refractivity contribution in [2.75, 3.05) is 16.0 Å². The Labute approximate surface area is 132 Å². The van der Waals surface area contributed by atoms with Crippen molar-refractivity contribution >= 4 is 39.4 Å². The molecule has 0 fully saturated rings. The first-order valence-electron chi connectivity index (χ1n) is 6.79. The number of nitrogens with one attached hydrogen (secondary N) is 1. The van der Waals surface area contributed by atoms with Crippen molar-refractivity contribution in [3.05, 3.63) is 72.1 Å². The molecule has 2 amide bonds. The van der Waals surface area contributed by atoms with Crippen LogP contribution in [0.15, 0.2) is 72.1 Å². The topological polar surface area (TPSA) is 58.4 Å². The van der Waals surface area contributed by atoms with Crippen LogP contribution in [0.25, 0.3) is 0 Å². The summed E-state index contributed by atoms with van der Waals surface area (Å²) in [4.78, 5) is 14.3. The molecule has 22 heavy (non-hydrogen) atoms. The van der Waals surface area contributed by atoms with Gasteiger partial charge in [0, 0.05) is 5.69 Å². The highest BCUT2D eigenvalue weighted by molar-refractivity contribution is 7.14. The fourth-order valence-corrected chi connectivity index (χ4v) is 2.70. The molecule has 0 saturated carbocycles. The Bertz CT molecular complexity index is 739. The molecular formula is C17H15N3OS. The van der Waals surface area contributed by atoms with Gasteiger partial charge < -0.3 is 5.73 Å². The van der Waals surface area contributed by atoms with E-state index in [4.69, 9.17) is 5.73 Å². The molecule has 0 saturated heterocycles. The number of nitrogen functional groups attached to an aromatic ring is 1. The zero-order valence-electron chi connectivity index (χ0n) is 11.8. The van der Waals surface area contributed by atoms with Crippen LogP contribution in [0.4, 0.5) is 26.9 Å². The number of nitrogens with zero attached hydrogens (tertiary/aromatic N) is 1. The van der Waals surface area contributed by atoms with Crippen molar-refractivity contribution in [2.24, 2.45) is 0 Å². The van der Waals surface area contributed by atoms with Crippen LogP contribution < -0.4 is 16.0 Å². The fourth-order valence-electron chi connectivity index (χ4n) is 2.10. The molecule has 0 atom stereocenters. The number of benzene rings is 2. The van der Waals surface area contributed by atoms with Crippen LogP contribution in [0.5, 0.6) is 0 Å². The van der Waals surface area contributed by atoms with E-state index in [-0.39, 0.29) is 6.03 Å². The Morgan fingerprint density at radius 3 is 2.23 bits per heavy atom. The predicted molar refractivity (Wildman–Crippen MR) is 92.8 cm³/mol. The van der Waals surface area contributed by atoms with E-state index in [9.17, 15) is 4.79 Å². The second kappa shape index (κ2) is 6.32. The quantitative estimate of drug-likeness (QED) is 0.689. The number of para-hydroxylation sites is 1. The minimum atomic E-state index is -0.210. The molecule has 0 aliphatic carbocycles. The molecule has 3 aromatic rings. The molecule has 3 rings (SSSR count). The highest BCUT2D eigenvalue weighted by Gasteiger charge is 2.18. The smallest absolute Gasteiger partial charge is 0.331 e. The zero-order valence-corrected chi connectivity index (χ0v) is 12.6. The van der Waals surface area contributed by atoms with Crippen molar-refractivity contribution < 1.29 is 4.79 Å². The van der Waals surface area contributed by atoms with E-state index in [0.717, 1.165) is 16.4 Å². The Kier molecular flexibility index (Phi) is 4.07. The molecule has 0 bridgehead atoms. The maximum absolute atomic E-state index is 12.7. The lowest BCUT2D eigenvalue weighted by molar-refractivity contribution is 0.259. The van der Waals surface area contributed by atoms with Gasteiger partial charge in [0.15, 0.2) is 0 Å². The maximum atomic E-state index is 12.7. The number of anilines is 4. The second-order valence-corrected chi connectivity index (χ2v) is 5.62. The molecule has 0 aliphatic heterocycles. The van der Waals surface area contributed by atoms with Gasteiger partial charge in [0.1, 0.15) is 0 Å². The van der Waals surface area contributed by atoms with Gasteiger partial charge in [0.05, 0.1) is 16.4 Å². The first kappa shape index (κ1) is 14.2. The molecule has 110 valence electrons. The van der Waals surface area contributed by atoms with Gasteiger partial charge in [0.2, 0.25) is 0 Å². The maximum Gasteiger partial charge on any atom is 0.331 e. The lowest BCUT2D eigenvalue weighted by Crippen LogP contribution is -2.30. The highest BCUT2D eigenvalue weighted by atomic mass is 32.1. The zero-order chi connectivity index (χ0) is 15.4. The SMILES string of the molecule is Nc1ccc(N(C(=O)Nc2cccs2)c2ccccc2)cc1. The van der Waals surface area contributed by atoms with Gasteiger partial charge in [-0.15, -0.1) is 11.3 Å². The third-order valence-electron chi connectivity index (χ3n) is 3.12. The number of amides is 2. The number of carbonyl (C=O) groups excluding carboxylic acids is 1. The largest absolute Gasteiger partial charge is 0.399 e. The Balaban J connectivity index is 1.95. The number of urea groups is 1. The Morgan fingerprint density at radius 2 is 1.59 bits per heavy atom. The van der Waals surface area contributed by atoms with Crippen molar-refractivity contribution in [3.8, 4) is 0 Å². The predicted octanol–water partition coefficient (Wildman–Crippen LogP) is 4.70. The van der Waals surface area contributed by atoms with E-state index in [1.807, 2.05) is 60.0 Å². The third kappa shape index (κ3) is 3.10. The van der Waals surface area contributed by atoms with Gasteiger partial charge in [-0.05, 0) is 53.9 Å². The Morgan fingerprint density at radius 1 is 0.909 bits per heavy atom. The summed E-state index contributed by atoms with van der Waals surface area (Å²) in [7, 11) is 0. The molecular weight excluding hydrogens is 294 g/mol. The van der Waals surface area contributed by atoms with Crippen molar-refractivity contribution in [2.45, 2.75) is 0 Å². The van der Waals surface area contributed by atoms with Crippen LogP contribution in [0.2, 0.25) is 0 Å². The van der Waals surface area contributed by atoms with Crippen molar-refractivity contribution in [1.82, 2.24) is 0 Å². The second-order valence-electron chi connectivity index (χ2n) is 4.67. The summed E-state index contributed by atoms with van der Waals surface area (Å²) in [5, 5.41) is 5.64. The highest BCUT2D eigenvalue weighted by Crippen LogP contribution is 2.27. The number of nitrogens with two attached hydrogens (primary N) is 1. The summed E-state index contributed by atoms with van der Waals surface area (Å²) in [6, 6.07) is 20.3. The average Bonchev–Trinajstić information content (AvgIpc) is 3.03. The van der Waals surface area contributed by atoms with E-state index < -0.39 is 0 Å². The van der Waals surface area contributed by atoms with E-state index in [0.29, 0.717) is 5.69 Å². The molecule has 3 N–H and O–H groups in total. The average molecular weight is 309 g/mol. The molecule has 2 aromatic carbocycles.